The summed E-state index contributed by atoms with van der Waals surface area (Å²) in [5, 5.41) is 0. The molecule has 18 heavy (non-hydrogen) atoms. The predicted molar refractivity (Wildman–Crippen MR) is 71.5 cm³/mol. The van der Waals surface area contributed by atoms with E-state index in [9.17, 15) is 4.79 Å². The van der Waals surface area contributed by atoms with Crippen LogP contribution in [0.25, 0.3) is 5.57 Å². The lowest BCUT2D eigenvalue weighted by atomic mass is 9.73. The lowest BCUT2D eigenvalue weighted by molar-refractivity contribution is -0.115. The minimum Gasteiger partial charge on any atom is -0.497 e. The first-order valence-electron chi connectivity index (χ1n) is 6.24. The summed E-state index contributed by atoms with van der Waals surface area (Å²) in [6.45, 7) is 3.99. The van der Waals surface area contributed by atoms with Crippen molar-refractivity contribution in [1.82, 2.24) is 0 Å². The molecule has 0 saturated carbocycles. The lowest BCUT2D eigenvalue weighted by Gasteiger charge is -2.30. The summed E-state index contributed by atoms with van der Waals surface area (Å²) in [7, 11) is 1.68. The third kappa shape index (κ3) is 1.45. The first kappa shape index (κ1) is 11.3. The average Bonchev–Trinajstić information content (AvgIpc) is 2.72. The molecule has 1 unspecified atom stereocenters. The topological polar surface area (TPSA) is 26.3 Å². The van der Waals surface area contributed by atoms with Crippen LogP contribution in [0.2, 0.25) is 0 Å². The first-order chi connectivity index (χ1) is 8.68. The molecule has 0 heterocycles. The van der Waals surface area contributed by atoms with Crippen LogP contribution in [-0.4, -0.2) is 12.9 Å². The number of benzene rings is 1. The maximum Gasteiger partial charge on any atom is 0.156 e. The number of carbonyl (C=O) groups excluding carboxylic acids is 1. The van der Waals surface area contributed by atoms with Crippen LogP contribution in [0.1, 0.15) is 24.0 Å². The number of ketones is 1. The summed E-state index contributed by atoms with van der Waals surface area (Å²) in [6, 6.07) is 6.09. The van der Waals surface area contributed by atoms with Crippen molar-refractivity contribution in [3.8, 4) is 5.75 Å². The molecule has 0 bridgehead atoms. The van der Waals surface area contributed by atoms with Crippen molar-refractivity contribution in [2.24, 2.45) is 5.41 Å². The van der Waals surface area contributed by atoms with Crippen LogP contribution in [0, 0.1) is 5.41 Å². The van der Waals surface area contributed by atoms with Gasteiger partial charge in [0.2, 0.25) is 0 Å². The van der Waals surface area contributed by atoms with Crippen LogP contribution in [0.15, 0.2) is 36.9 Å². The maximum atomic E-state index is 11.7. The smallest absolute Gasteiger partial charge is 0.156 e. The molecule has 92 valence electrons. The van der Waals surface area contributed by atoms with Crippen molar-refractivity contribution in [1.29, 1.82) is 0 Å². The van der Waals surface area contributed by atoms with E-state index in [1.165, 1.54) is 11.1 Å². The van der Waals surface area contributed by atoms with E-state index in [0.717, 1.165) is 24.2 Å². The van der Waals surface area contributed by atoms with Crippen LogP contribution in [0.3, 0.4) is 0 Å². The third-order valence-electron chi connectivity index (χ3n) is 4.16. The van der Waals surface area contributed by atoms with E-state index in [4.69, 9.17) is 4.74 Å². The van der Waals surface area contributed by atoms with Gasteiger partial charge in [0.1, 0.15) is 5.75 Å². The number of carbonyl (C=O) groups is 1. The second kappa shape index (κ2) is 3.84. The molecule has 2 aliphatic carbocycles. The van der Waals surface area contributed by atoms with E-state index in [-0.39, 0.29) is 11.2 Å². The fourth-order valence-corrected chi connectivity index (χ4v) is 3.12. The summed E-state index contributed by atoms with van der Waals surface area (Å²) < 4.78 is 5.27. The van der Waals surface area contributed by atoms with E-state index in [0.29, 0.717) is 6.42 Å². The molecule has 1 aromatic rings. The monoisotopic (exact) mass is 240 g/mol. The van der Waals surface area contributed by atoms with Crippen LogP contribution >= 0.6 is 0 Å². The molecule has 0 fully saturated rings. The fourth-order valence-electron chi connectivity index (χ4n) is 3.12. The van der Waals surface area contributed by atoms with Gasteiger partial charge in [0.15, 0.2) is 5.78 Å². The van der Waals surface area contributed by atoms with Crippen LogP contribution < -0.4 is 4.74 Å². The van der Waals surface area contributed by atoms with Gasteiger partial charge < -0.3 is 4.74 Å². The number of hydrogen-bond acceptors (Lipinski definition) is 2. The van der Waals surface area contributed by atoms with Crippen LogP contribution in [0.4, 0.5) is 0 Å². The summed E-state index contributed by atoms with van der Waals surface area (Å²) >= 11 is 0. The molecule has 2 aliphatic rings. The van der Waals surface area contributed by atoms with E-state index < -0.39 is 0 Å². The van der Waals surface area contributed by atoms with Crippen molar-refractivity contribution >= 4 is 11.4 Å². The highest BCUT2D eigenvalue weighted by molar-refractivity contribution is 6.01. The van der Waals surface area contributed by atoms with Gasteiger partial charge in [0, 0.05) is 11.8 Å². The fraction of sp³-hybridized carbons (Fsp3) is 0.312. The molecule has 0 spiro atoms. The Labute approximate surface area is 107 Å². The Morgan fingerprint density at radius 3 is 3.00 bits per heavy atom. The molecule has 2 nitrogen and oxygen atoms in total. The highest BCUT2D eigenvalue weighted by Crippen LogP contribution is 2.52. The zero-order valence-electron chi connectivity index (χ0n) is 10.5. The number of methoxy groups -OCH3 is 1. The Morgan fingerprint density at radius 2 is 2.28 bits per heavy atom. The van der Waals surface area contributed by atoms with Crippen molar-refractivity contribution in [2.45, 2.75) is 19.3 Å². The minimum absolute atomic E-state index is 0.0391. The largest absolute Gasteiger partial charge is 0.497 e. The predicted octanol–water partition coefficient (Wildman–Crippen LogP) is 3.17. The van der Waals surface area contributed by atoms with Gasteiger partial charge in [-0.25, -0.2) is 0 Å². The molecular weight excluding hydrogens is 224 g/mol. The van der Waals surface area contributed by atoms with E-state index in [1.807, 2.05) is 18.2 Å². The Morgan fingerprint density at radius 1 is 1.44 bits per heavy atom. The normalized spacial score (nSPS) is 25.2. The second-order valence-corrected chi connectivity index (χ2v) is 5.08. The van der Waals surface area contributed by atoms with E-state index in [1.54, 1.807) is 7.11 Å². The highest BCUT2D eigenvalue weighted by Gasteiger charge is 2.41. The van der Waals surface area contributed by atoms with Gasteiger partial charge in [-0.1, -0.05) is 12.1 Å². The summed E-state index contributed by atoms with van der Waals surface area (Å²) in [6.07, 6.45) is 6.25. The first-order valence-corrected chi connectivity index (χ1v) is 6.24. The number of rotatable bonds is 2. The third-order valence-corrected chi connectivity index (χ3v) is 4.16. The molecule has 0 saturated heterocycles. The van der Waals surface area contributed by atoms with Crippen molar-refractivity contribution in [3.05, 3.63) is 48.1 Å². The Kier molecular flexibility index (Phi) is 2.40. The molecule has 0 N–H and O–H groups in total. The average molecular weight is 240 g/mol. The number of ether oxygens (including phenoxy) is 1. The molecule has 1 atom stereocenters. The van der Waals surface area contributed by atoms with Gasteiger partial charge in [0.05, 0.1) is 7.11 Å². The van der Waals surface area contributed by atoms with E-state index in [2.05, 4.69) is 18.7 Å². The van der Waals surface area contributed by atoms with Gasteiger partial charge >= 0.3 is 0 Å². The summed E-state index contributed by atoms with van der Waals surface area (Å²) in [5.41, 5.74) is 3.55. The molecule has 0 radical (unpaired) electrons. The number of allylic oxidation sites excluding steroid dienone is 3. The Hall–Kier alpha value is -1.83. The van der Waals surface area contributed by atoms with Crippen LogP contribution in [0.5, 0.6) is 5.75 Å². The van der Waals surface area contributed by atoms with Crippen molar-refractivity contribution in [2.75, 3.05) is 7.11 Å². The molecule has 0 aliphatic heterocycles. The van der Waals surface area contributed by atoms with Crippen LogP contribution in [-0.2, 0) is 11.2 Å². The zero-order valence-corrected chi connectivity index (χ0v) is 10.5. The molecular formula is C16H16O2. The van der Waals surface area contributed by atoms with Crippen molar-refractivity contribution < 1.29 is 9.53 Å². The second-order valence-electron chi connectivity index (χ2n) is 5.08. The van der Waals surface area contributed by atoms with Crippen molar-refractivity contribution in [3.63, 3.8) is 0 Å². The lowest BCUT2D eigenvalue weighted by Crippen LogP contribution is -2.23. The van der Waals surface area contributed by atoms with Gasteiger partial charge in [0.25, 0.3) is 0 Å². The molecule has 1 aromatic carbocycles. The van der Waals surface area contributed by atoms with Gasteiger partial charge in [-0.15, -0.1) is 6.58 Å². The minimum atomic E-state index is -0.0391. The Balaban J connectivity index is 2.17. The highest BCUT2D eigenvalue weighted by atomic mass is 16.5. The maximum absolute atomic E-state index is 11.7. The number of fused-ring (bicyclic) bond motifs is 3. The van der Waals surface area contributed by atoms with Gasteiger partial charge in [-0.3, -0.25) is 4.79 Å². The molecule has 2 heteroatoms. The van der Waals surface area contributed by atoms with Gasteiger partial charge in [-0.2, -0.15) is 0 Å². The Bertz CT molecular complexity index is 568. The SMILES string of the molecule is C=CC12CCC(=O)C=C1c1ccc(OC)cc1C2. The molecule has 3 rings (SSSR count). The van der Waals surface area contributed by atoms with E-state index >= 15 is 0 Å². The quantitative estimate of drug-likeness (QED) is 0.742. The number of hydrogen-bond donors (Lipinski definition) is 0. The summed E-state index contributed by atoms with van der Waals surface area (Å²) in [5.74, 6) is 1.10. The van der Waals surface area contributed by atoms with Gasteiger partial charge in [-0.05, 0) is 47.8 Å². The standard InChI is InChI=1S/C16H16O2/c1-3-16-7-6-12(17)9-15(16)14-5-4-13(18-2)8-11(14)10-16/h3-5,8-9H,1,6-7,10H2,2H3. The molecule has 0 aromatic heterocycles. The summed E-state index contributed by atoms with van der Waals surface area (Å²) in [4.78, 5) is 11.7. The zero-order chi connectivity index (χ0) is 12.8. The molecule has 0 amide bonds.